The van der Waals surface area contributed by atoms with Gasteiger partial charge in [-0.15, -0.1) is 0 Å². The number of aryl methyl sites for hydroxylation is 1. The molecule has 9 aromatic rings. The lowest BCUT2D eigenvalue weighted by atomic mass is 9.96. The molecule has 3 heteroatoms. The van der Waals surface area contributed by atoms with Gasteiger partial charge in [-0.05, 0) is 63.9 Å². The van der Waals surface area contributed by atoms with Crippen molar-refractivity contribution in [3.8, 4) is 22.4 Å². The van der Waals surface area contributed by atoms with Crippen LogP contribution in [-0.2, 0) is 0 Å². The number of hydrogen-bond acceptors (Lipinski definition) is 3. The molecular formula is C39H24N2O. The second-order valence-electron chi connectivity index (χ2n) is 11.1. The van der Waals surface area contributed by atoms with Gasteiger partial charge in [0.15, 0.2) is 0 Å². The molecule has 0 N–H and O–H groups in total. The highest BCUT2D eigenvalue weighted by atomic mass is 16.3. The Balaban J connectivity index is 1.26. The van der Waals surface area contributed by atoms with E-state index in [1.165, 1.54) is 21.5 Å². The Morgan fingerprint density at radius 3 is 1.95 bits per heavy atom. The van der Waals surface area contributed by atoms with Crippen molar-refractivity contribution in [1.29, 1.82) is 0 Å². The topological polar surface area (TPSA) is 38.9 Å². The molecule has 3 nitrogen and oxygen atoms in total. The molecule has 196 valence electrons. The van der Waals surface area contributed by atoms with Crippen LogP contribution in [0, 0.1) is 6.92 Å². The first-order chi connectivity index (χ1) is 20.7. The molecule has 2 aromatic heterocycles. The Hall–Kier alpha value is -5.54. The van der Waals surface area contributed by atoms with Gasteiger partial charge in [0.05, 0.1) is 22.9 Å². The number of hydrogen-bond donors (Lipinski definition) is 0. The number of rotatable bonds is 2. The third-order valence-corrected chi connectivity index (χ3v) is 8.48. The highest BCUT2D eigenvalue weighted by Gasteiger charge is 2.16. The van der Waals surface area contributed by atoms with Crippen molar-refractivity contribution < 1.29 is 4.42 Å². The molecule has 0 aliphatic heterocycles. The van der Waals surface area contributed by atoms with Gasteiger partial charge in [0.1, 0.15) is 11.2 Å². The van der Waals surface area contributed by atoms with Gasteiger partial charge in [-0.1, -0.05) is 97.1 Å². The lowest BCUT2D eigenvalue weighted by Crippen LogP contribution is -1.93. The zero-order valence-corrected chi connectivity index (χ0v) is 22.9. The van der Waals surface area contributed by atoms with E-state index in [4.69, 9.17) is 14.4 Å². The van der Waals surface area contributed by atoms with Gasteiger partial charge in [0.25, 0.3) is 0 Å². The fourth-order valence-corrected chi connectivity index (χ4v) is 6.56. The van der Waals surface area contributed by atoms with Crippen molar-refractivity contribution in [2.75, 3.05) is 0 Å². The lowest BCUT2D eigenvalue weighted by Gasteiger charge is -2.12. The lowest BCUT2D eigenvalue weighted by molar-refractivity contribution is 0.670. The minimum atomic E-state index is 0.857. The number of para-hydroxylation sites is 1. The molecule has 0 aliphatic carbocycles. The van der Waals surface area contributed by atoms with E-state index in [1.807, 2.05) is 6.20 Å². The van der Waals surface area contributed by atoms with Crippen LogP contribution in [0.25, 0.3) is 87.7 Å². The van der Waals surface area contributed by atoms with Gasteiger partial charge in [-0.2, -0.15) is 0 Å². The van der Waals surface area contributed by atoms with E-state index in [-0.39, 0.29) is 0 Å². The van der Waals surface area contributed by atoms with Gasteiger partial charge in [0, 0.05) is 32.7 Å². The quantitative estimate of drug-likeness (QED) is 0.206. The summed E-state index contributed by atoms with van der Waals surface area (Å²) in [7, 11) is 0. The third-order valence-electron chi connectivity index (χ3n) is 8.48. The minimum Gasteiger partial charge on any atom is -0.455 e. The van der Waals surface area contributed by atoms with Crippen molar-refractivity contribution in [1.82, 2.24) is 9.97 Å². The van der Waals surface area contributed by atoms with Crippen LogP contribution >= 0.6 is 0 Å². The van der Waals surface area contributed by atoms with Crippen LogP contribution in [0.3, 0.4) is 0 Å². The Morgan fingerprint density at radius 2 is 1.17 bits per heavy atom. The predicted molar refractivity (Wildman–Crippen MR) is 175 cm³/mol. The van der Waals surface area contributed by atoms with Crippen molar-refractivity contribution in [2.24, 2.45) is 0 Å². The number of nitrogens with zero attached hydrogens (tertiary/aromatic N) is 2. The molecule has 0 atom stereocenters. The van der Waals surface area contributed by atoms with Crippen molar-refractivity contribution >= 4 is 65.3 Å². The summed E-state index contributed by atoms with van der Waals surface area (Å²) in [5.41, 5.74) is 8.90. The SMILES string of the molecule is Cc1cc(-c2cnc3c4ccccc4c4ccccc4c3n2)cc(-c2cccc3c2oc2cc4ccccc4cc23)c1. The third kappa shape index (κ3) is 3.40. The first-order valence-corrected chi connectivity index (χ1v) is 14.2. The van der Waals surface area contributed by atoms with Crippen molar-refractivity contribution in [3.63, 3.8) is 0 Å². The summed E-state index contributed by atoms with van der Waals surface area (Å²) in [4.78, 5) is 10.2. The van der Waals surface area contributed by atoms with Crippen LogP contribution in [0.5, 0.6) is 0 Å². The van der Waals surface area contributed by atoms with Crippen molar-refractivity contribution in [2.45, 2.75) is 6.92 Å². The first-order valence-electron chi connectivity index (χ1n) is 14.2. The average molecular weight is 537 g/mol. The van der Waals surface area contributed by atoms with Crippen LogP contribution in [-0.4, -0.2) is 9.97 Å². The predicted octanol–water partition coefficient (Wildman–Crippen LogP) is 10.6. The fraction of sp³-hybridized carbons (Fsp3) is 0.0256. The molecule has 0 saturated carbocycles. The molecule has 0 aliphatic rings. The van der Waals surface area contributed by atoms with E-state index in [0.717, 1.165) is 71.7 Å². The highest BCUT2D eigenvalue weighted by Crippen LogP contribution is 2.39. The maximum atomic E-state index is 6.55. The Bertz CT molecular complexity index is 2510. The molecule has 0 saturated heterocycles. The molecule has 42 heavy (non-hydrogen) atoms. The zero-order chi connectivity index (χ0) is 27.8. The molecule has 0 unspecified atom stereocenters. The summed E-state index contributed by atoms with van der Waals surface area (Å²) >= 11 is 0. The monoisotopic (exact) mass is 536 g/mol. The molecule has 0 spiro atoms. The molecule has 0 radical (unpaired) electrons. The summed E-state index contributed by atoms with van der Waals surface area (Å²) in [6.07, 6.45) is 1.91. The molecule has 0 amide bonds. The van der Waals surface area contributed by atoms with Gasteiger partial charge in [0.2, 0.25) is 0 Å². The van der Waals surface area contributed by atoms with E-state index >= 15 is 0 Å². The summed E-state index contributed by atoms with van der Waals surface area (Å²) in [6.45, 7) is 2.13. The Morgan fingerprint density at radius 1 is 0.524 bits per heavy atom. The van der Waals surface area contributed by atoms with E-state index in [9.17, 15) is 0 Å². The summed E-state index contributed by atoms with van der Waals surface area (Å²) in [5.74, 6) is 0. The average Bonchev–Trinajstić information content (AvgIpc) is 3.41. The van der Waals surface area contributed by atoms with Gasteiger partial charge in [-0.3, -0.25) is 4.98 Å². The molecule has 7 aromatic carbocycles. The molecule has 9 rings (SSSR count). The van der Waals surface area contributed by atoms with Crippen LogP contribution < -0.4 is 0 Å². The standard InChI is InChI=1S/C39H24N2O/c1-23-17-26(28-15-8-16-33-34-20-24-9-2-3-10-25(24)21-36(34)42-39(28)33)19-27(18-23)35-22-40-37-31-13-6-4-11-29(31)30-12-5-7-14-32(30)38(37)41-35/h2-22H,1H3. The van der Waals surface area contributed by atoms with Gasteiger partial charge >= 0.3 is 0 Å². The van der Waals surface area contributed by atoms with Crippen LogP contribution in [0.4, 0.5) is 0 Å². The maximum absolute atomic E-state index is 6.55. The summed E-state index contributed by atoms with van der Waals surface area (Å²) in [5, 5.41) is 9.30. The summed E-state index contributed by atoms with van der Waals surface area (Å²) in [6, 6.07) is 42.8. The first kappa shape index (κ1) is 23.2. The van der Waals surface area contributed by atoms with Gasteiger partial charge in [-0.25, -0.2) is 4.98 Å². The van der Waals surface area contributed by atoms with E-state index in [2.05, 4.69) is 128 Å². The Kier molecular flexibility index (Phi) is 4.82. The smallest absolute Gasteiger partial charge is 0.143 e. The van der Waals surface area contributed by atoms with Crippen LogP contribution in [0.1, 0.15) is 5.56 Å². The second-order valence-corrected chi connectivity index (χ2v) is 11.1. The van der Waals surface area contributed by atoms with Gasteiger partial charge < -0.3 is 4.42 Å². The molecular weight excluding hydrogens is 512 g/mol. The van der Waals surface area contributed by atoms with Crippen LogP contribution in [0.15, 0.2) is 132 Å². The second kappa shape index (κ2) is 8.73. The molecule has 2 heterocycles. The minimum absolute atomic E-state index is 0.857. The normalized spacial score (nSPS) is 11.9. The number of benzene rings is 7. The molecule has 0 fully saturated rings. The number of furan rings is 1. The fourth-order valence-electron chi connectivity index (χ4n) is 6.56. The highest BCUT2D eigenvalue weighted by molar-refractivity contribution is 6.23. The van der Waals surface area contributed by atoms with Crippen LogP contribution in [0.2, 0.25) is 0 Å². The largest absolute Gasteiger partial charge is 0.455 e. The van der Waals surface area contributed by atoms with Crippen molar-refractivity contribution in [3.05, 3.63) is 133 Å². The maximum Gasteiger partial charge on any atom is 0.143 e. The summed E-state index contributed by atoms with van der Waals surface area (Å²) < 4.78 is 6.55. The van der Waals surface area contributed by atoms with E-state index < -0.39 is 0 Å². The number of aromatic nitrogens is 2. The zero-order valence-electron chi connectivity index (χ0n) is 22.9. The molecule has 0 bridgehead atoms. The van der Waals surface area contributed by atoms with E-state index in [1.54, 1.807) is 0 Å². The number of fused-ring (bicyclic) bond motifs is 10. The van der Waals surface area contributed by atoms with E-state index in [0.29, 0.717) is 0 Å². The Labute approximate surface area is 241 Å².